The number of halogens is 1. The number of rotatable bonds is 7. The second-order valence-electron chi connectivity index (χ2n) is 8.00. The average Bonchev–Trinajstić information content (AvgIpc) is 3.20. The van der Waals surface area contributed by atoms with Crippen LogP contribution in [0.2, 0.25) is 5.02 Å². The Labute approximate surface area is 196 Å². The van der Waals surface area contributed by atoms with Gasteiger partial charge in [0.05, 0.1) is 31.6 Å². The first-order valence-electron chi connectivity index (χ1n) is 10.4. The summed E-state index contributed by atoms with van der Waals surface area (Å²) >= 11 is 7.57. The van der Waals surface area contributed by atoms with Crippen LogP contribution in [0, 0.1) is 0 Å². The Morgan fingerprint density at radius 1 is 1.06 bits per heavy atom. The van der Waals surface area contributed by atoms with Gasteiger partial charge in [-0.1, -0.05) is 30.2 Å². The lowest BCUT2D eigenvalue weighted by Crippen LogP contribution is -2.39. The number of benzene rings is 2. The molecule has 1 fully saturated rings. The van der Waals surface area contributed by atoms with Crippen molar-refractivity contribution in [3.63, 3.8) is 0 Å². The quantitative estimate of drug-likeness (QED) is 0.347. The van der Waals surface area contributed by atoms with E-state index in [-0.39, 0.29) is 5.41 Å². The smallest absolute Gasteiger partial charge is 0.195 e. The van der Waals surface area contributed by atoms with Crippen LogP contribution in [0.3, 0.4) is 0 Å². The molecule has 1 aliphatic carbocycles. The second-order valence-corrected chi connectivity index (χ2v) is 9.44. The lowest BCUT2D eigenvalue weighted by molar-refractivity contribution is 0.208. The van der Waals surface area contributed by atoms with Crippen molar-refractivity contribution in [2.75, 3.05) is 14.2 Å². The maximum atomic E-state index is 6.12. The molecule has 3 aliphatic rings. The molecule has 164 valence electrons. The molecule has 0 bridgehead atoms. The van der Waals surface area contributed by atoms with E-state index in [9.17, 15) is 0 Å². The third-order valence-corrected chi connectivity index (χ3v) is 7.29. The fraction of sp³-hybridized carbons (Fsp3) is 0.292. The number of imidazole rings is 1. The fourth-order valence-electron chi connectivity index (χ4n) is 4.26. The Morgan fingerprint density at radius 3 is 2.56 bits per heavy atom. The Balaban J connectivity index is 1.46. The van der Waals surface area contributed by atoms with E-state index in [1.54, 1.807) is 20.4 Å². The van der Waals surface area contributed by atoms with Crippen molar-refractivity contribution in [3.05, 3.63) is 65.6 Å². The van der Waals surface area contributed by atoms with Gasteiger partial charge in [0.25, 0.3) is 0 Å². The standard InChI is InChI=1S/C24H23ClN4O2S/c1-30-18-8-9-20(31-2)21(12-18)32-23-27-19-13-26-15-29(22(19)28-23)14-24(10-3-11-24)16-4-6-17(25)7-5-16/h4-9,12-13,15H,3,10-11,14H2,1-2H3. The van der Waals surface area contributed by atoms with Crippen molar-refractivity contribution in [2.45, 2.75) is 41.3 Å². The average molecular weight is 467 g/mol. The van der Waals surface area contributed by atoms with Crippen molar-refractivity contribution in [1.82, 2.24) is 19.5 Å². The number of hydrogen-bond acceptors (Lipinski definition) is 6. The van der Waals surface area contributed by atoms with Crippen LogP contribution in [0.15, 0.2) is 65.0 Å². The molecule has 32 heavy (non-hydrogen) atoms. The van der Waals surface area contributed by atoms with E-state index in [2.05, 4.69) is 21.7 Å². The monoisotopic (exact) mass is 466 g/mol. The molecule has 0 amide bonds. The molecule has 0 unspecified atom stereocenters. The largest absolute Gasteiger partial charge is 0.497 e. The van der Waals surface area contributed by atoms with Gasteiger partial charge in [-0.05, 0) is 60.5 Å². The molecule has 2 aliphatic heterocycles. The van der Waals surface area contributed by atoms with Crippen molar-refractivity contribution >= 4 is 23.4 Å². The molecule has 6 nitrogen and oxygen atoms in total. The van der Waals surface area contributed by atoms with Gasteiger partial charge in [0.1, 0.15) is 17.2 Å². The number of ether oxygens (including phenoxy) is 2. The molecule has 0 radical (unpaired) electrons. The minimum atomic E-state index is 0.0769. The van der Waals surface area contributed by atoms with Crippen LogP contribution in [0.1, 0.15) is 24.8 Å². The van der Waals surface area contributed by atoms with E-state index in [0.29, 0.717) is 5.16 Å². The van der Waals surface area contributed by atoms with Gasteiger partial charge < -0.3 is 14.0 Å². The maximum absolute atomic E-state index is 6.12. The van der Waals surface area contributed by atoms with Gasteiger partial charge in [-0.2, -0.15) is 0 Å². The summed E-state index contributed by atoms with van der Waals surface area (Å²) in [5.74, 6) is 2.35. The summed E-state index contributed by atoms with van der Waals surface area (Å²) in [6.07, 6.45) is 7.11. The van der Waals surface area contributed by atoms with Crippen LogP contribution in [-0.2, 0) is 12.0 Å². The Kier molecular flexibility index (Phi) is 5.69. The Morgan fingerprint density at radius 2 is 1.88 bits per heavy atom. The first-order valence-corrected chi connectivity index (χ1v) is 11.6. The molecule has 0 spiro atoms. The zero-order valence-electron chi connectivity index (χ0n) is 17.9. The van der Waals surface area contributed by atoms with Gasteiger partial charge in [-0.25, -0.2) is 15.0 Å². The zero-order chi connectivity index (χ0) is 22.1. The van der Waals surface area contributed by atoms with E-state index in [1.807, 2.05) is 36.7 Å². The molecule has 8 heteroatoms. The van der Waals surface area contributed by atoms with Gasteiger partial charge in [0.2, 0.25) is 0 Å². The minimum Gasteiger partial charge on any atom is -0.497 e. The normalized spacial score (nSPS) is 14.8. The number of nitrogens with zero attached hydrogens (tertiary/aromatic N) is 4. The summed E-state index contributed by atoms with van der Waals surface area (Å²) in [6, 6.07) is 13.9. The SMILES string of the molecule is COc1ccc(OC)c(Sc2nc3cncn(CC4(c5ccc(Cl)cc5)CCC4)c-3n2)c1. The summed E-state index contributed by atoms with van der Waals surface area (Å²) in [5, 5.41) is 1.42. The summed E-state index contributed by atoms with van der Waals surface area (Å²) < 4.78 is 13.0. The Hall–Kier alpha value is -2.77. The van der Waals surface area contributed by atoms with Gasteiger partial charge in [0, 0.05) is 17.0 Å². The van der Waals surface area contributed by atoms with Crippen molar-refractivity contribution in [1.29, 1.82) is 0 Å². The first-order chi connectivity index (χ1) is 15.6. The molecule has 1 saturated carbocycles. The zero-order valence-corrected chi connectivity index (χ0v) is 19.5. The second kappa shape index (κ2) is 8.64. The maximum Gasteiger partial charge on any atom is 0.195 e. The number of hydrogen-bond donors (Lipinski definition) is 0. The predicted molar refractivity (Wildman–Crippen MR) is 125 cm³/mol. The van der Waals surface area contributed by atoms with Gasteiger partial charge >= 0.3 is 0 Å². The fourth-order valence-corrected chi connectivity index (χ4v) is 5.28. The van der Waals surface area contributed by atoms with E-state index in [4.69, 9.17) is 31.0 Å². The molecule has 0 N–H and O–H groups in total. The number of fused-ring (bicyclic) bond motifs is 1. The Bertz CT molecular complexity index is 1210. The highest BCUT2D eigenvalue weighted by molar-refractivity contribution is 7.99. The van der Waals surface area contributed by atoms with E-state index < -0.39 is 0 Å². The third kappa shape index (κ3) is 3.91. The van der Waals surface area contributed by atoms with Crippen LogP contribution < -0.4 is 9.47 Å². The third-order valence-electron chi connectivity index (χ3n) is 6.13. The van der Waals surface area contributed by atoms with Crippen LogP contribution in [-0.4, -0.2) is 33.7 Å². The number of methoxy groups -OCH3 is 2. The molecule has 2 heterocycles. The highest BCUT2D eigenvalue weighted by Crippen LogP contribution is 2.46. The molecule has 2 aromatic rings. The van der Waals surface area contributed by atoms with Crippen molar-refractivity contribution in [2.24, 2.45) is 0 Å². The summed E-state index contributed by atoms with van der Waals surface area (Å²) in [6.45, 7) is 0.810. The predicted octanol–water partition coefficient (Wildman–Crippen LogP) is 5.72. The summed E-state index contributed by atoms with van der Waals surface area (Å²) in [4.78, 5) is 14.9. The van der Waals surface area contributed by atoms with Gasteiger partial charge in [-0.3, -0.25) is 0 Å². The van der Waals surface area contributed by atoms with E-state index >= 15 is 0 Å². The van der Waals surface area contributed by atoms with Gasteiger partial charge in [0.15, 0.2) is 11.0 Å². The summed E-state index contributed by atoms with van der Waals surface area (Å²) in [7, 11) is 3.30. The lowest BCUT2D eigenvalue weighted by Gasteiger charge is -2.43. The molecule has 5 rings (SSSR count). The molecular weight excluding hydrogens is 444 g/mol. The van der Waals surface area contributed by atoms with Crippen LogP contribution >= 0.6 is 23.4 Å². The van der Waals surface area contributed by atoms with Crippen molar-refractivity contribution < 1.29 is 9.47 Å². The van der Waals surface area contributed by atoms with Crippen LogP contribution in [0.25, 0.3) is 11.5 Å². The van der Waals surface area contributed by atoms with Crippen molar-refractivity contribution in [3.8, 4) is 23.0 Å². The highest BCUT2D eigenvalue weighted by Gasteiger charge is 2.39. The first kappa shape index (κ1) is 21.1. The summed E-state index contributed by atoms with van der Waals surface area (Å²) in [5.41, 5.74) is 2.17. The van der Waals surface area contributed by atoms with E-state index in [0.717, 1.165) is 52.3 Å². The minimum absolute atomic E-state index is 0.0769. The van der Waals surface area contributed by atoms with E-state index in [1.165, 1.54) is 23.7 Å². The molecule has 0 aromatic heterocycles. The van der Waals surface area contributed by atoms with Gasteiger partial charge in [-0.15, -0.1) is 0 Å². The van der Waals surface area contributed by atoms with Crippen LogP contribution in [0.5, 0.6) is 11.5 Å². The number of aromatic nitrogens is 4. The molecule has 0 atom stereocenters. The lowest BCUT2D eigenvalue weighted by atomic mass is 9.64. The molecule has 0 saturated heterocycles. The van der Waals surface area contributed by atoms with Crippen LogP contribution in [0.4, 0.5) is 0 Å². The molecule has 2 aromatic carbocycles. The highest BCUT2D eigenvalue weighted by atomic mass is 35.5. The molecular formula is C24H23ClN4O2S. The topological polar surface area (TPSA) is 62.1 Å².